The Hall–Kier alpha value is -0.550. The monoisotopic (exact) mass is 109 g/mol. The molecule has 0 aliphatic heterocycles. The summed E-state index contributed by atoms with van der Waals surface area (Å²) in [6.07, 6.45) is 7.46. The highest BCUT2D eigenvalue weighted by atomic mass is 16.1. The van der Waals surface area contributed by atoms with Crippen LogP contribution in [0, 0.1) is 12.0 Å². The molecule has 0 spiro atoms. The molecule has 1 radical (unpaired) electrons. The molecule has 0 aromatic carbocycles. The van der Waals surface area contributed by atoms with Gasteiger partial charge < -0.3 is 0 Å². The van der Waals surface area contributed by atoms with E-state index in [0.717, 1.165) is 12.8 Å². The smallest absolute Gasteiger partial charge is 0.129 e. The van der Waals surface area contributed by atoms with Crippen molar-refractivity contribution in [1.29, 1.82) is 0 Å². The maximum absolute atomic E-state index is 9.72. The second-order valence-corrected chi connectivity index (χ2v) is 2.23. The lowest BCUT2D eigenvalue weighted by Crippen LogP contribution is -1.85. The molecular weight excluding hydrogens is 100 g/mol. The highest BCUT2D eigenvalue weighted by Crippen LogP contribution is 2.23. The van der Waals surface area contributed by atoms with Crippen molar-refractivity contribution in [1.82, 2.24) is 0 Å². The molecule has 0 unspecified atom stereocenters. The van der Waals surface area contributed by atoms with E-state index in [4.69, 9.17) is 0 Å². The molecule has 0 aromatic rings. The third kappa shape index (κ3) is 1.21. The van der Waals surface area contributed by atoms with Gasteiger partial charge >= 0.3 is 0 Å². The van der Waals surface area contributed by atoms with E-state index < -0.39 is 0 Å². The summed E-state index contributed by atoms with van der Waals surface area (Å²) in [6.45, 7) is 0. The highest BCUT2D eigenvalue weighted by Gasteiger charge is 2.11. The standard InChI is InChI=1S/C7H9O/c8-6-5-7-3-1-2-4-7/h7H,1-4H2. The van der Waals surface area contributed by atoms with E-state index in [0.29, 0.717) is 5.92 Å². The average Bonchev–Trinajstić information content (AvgIpc) is 2.19. The van der Waals surface area contributed by atoms with Gasteiger partial charge in [0.1, 0.15) is 5.94 Å². The van der Waals surface area contributed by atoms with E-state index in [1.165, 1.54) is 12.8 Å². The molecule has 0 aromatic heterocycles. The Kier molecular flexibility index (Phi) is 1.87. The quantitative estimate of drug-likeness (QED) is 0.465. The van der Waals surface area contributed by atoms with Crippen molar-refractivity contribution < 1.29 is 4.79 Å². The predicted octanol–water partition coefficient (Wildman–Crippen LogP) is 1.37. The van der Waals surface area contributed by atoms with E-state index in [2.05, 4.69) is 6.08 Å². The number of rotatable bonds is 1. The van der Waals surface area contributed by atoms with Crippen LogP contribution in [0.15, 0.2) is 0 Å². The summed E-state index contributed by atoms with van der Waals surface area (Å²) in [4.78, 5) is 9.72. The summed E-state index contributed by atoms with van der Waals surface area (Å²) in [6, 6.07) is 0. The van der Waals surface area contributed by atoms with Crippen molar-refractivity contribution in [2.45, 2.75) is 25.7 Å². The van der Waals surface area contributed by atoms with Gasteiger partial charge in [-0.25, -0.2) is 4.79 Å². The van der Waals surface area contributed by atoms with E-state index in [1.54, 1.807) is 5.94 Å². The Labute approximate surface area is 49.4 Å². The summed E-state index contributed by atoms with van der Waals surface area (Å²) >= 11 is 0. The van der Waals surface area contributed by atoms with Gasteiger partial charge in [-0.15, -0.1) is 0 Å². The van der Waals surface area contributed by atoms with Gasteiger partial charge in [-0.2, -0.15) is 0 Å². The van der Waals surface area contributed by atoms with Gasteiger partial charge in [0.2, 0.25) is 0 Å². The van der Waals surface area contributed by atoms with Crippen molar-refractivity contribution in [2.24, 2.45) is 5.92 Å². The Morgan fingerprint density at radius 3 is 2.38 bits per heavy atom. The van der Waals surface area contributed by atoms with Crippen molar-refractivity contribution in [3.8, 4) is 0 Å². The van der Waals surface area contributed by atoms with E-state index in [9.17, 15) is 4.79 Å². The summed E-state index contributed by atoms with van der Waals surface area (Å²) in [5.74, 6) is 2.15. The molecule has 1 saturated carbocycles. The van der Waals surface area contributed by atoms with E-state index in [-0.39, 0.29) is 0 Å². The van der Waals surface area contributed by atoms with Crippen LogP contribution < -0.4 is 0 Å². The van der Waals surface area contributed by atoms with Crippen LogP contribution in [0.1, 0.15) is 25.7 Å². The topological polar surface area (TPSA) is 17.1 Å². The second kappa shape index (κ2) is 2.68. The fourth-order valence-corrected chi connectivity index (χ4v) is 1.15. The fraction of sp³-hybridized carbons (Fsp3) is 0.714. The fourth-order valence-electron chi connectivity index (χ4n) is 1.15. The second-order valence-electron chi connectivity index (χ2n) is 2.23. The van der Waals surface area contributed by atoms with Crippen molar-refractivity contribution in [3.05, 3.63) is 6.08 Å². The van der Waals surface area contributed by atoms with Crippen LogP contribution in [-0.2, 0) is 4.79 Å². The molecule has 8 heavy (non-hydrogen) atoms. The van der Waals surface area contributed by atoms with Gasteiger partial charge in [-0.3, -0.25) is 0 Å². The lowest BCUT2D eigenvalue weighted by atomic mass is 10.1. The third-order valence-electron chi connectivity index (χ3n) is 1.62. The van der Waals surface area contributed by atoms with Crippen molar-refractivity contribution >= 4 is 5.94 Å². The minimum atomic E-state index is 0.437. The first-order valence-corrected chi connectivity index (χ1v) is 3.06. The molecule has 0 bridgehead atoms. The molecule has 1 nitrogen and oxygen atoms in total. The van der Waals surface area contributed by atoms with Crippen LogP contribution >= 0.6 is 0 Å². The molecular formula is C7H9O. The zero-order chi connectivity index (χ0) is 5.82. The lowest BCUT2D eigenvalue weighted by Gasteiger charge is -1.91. The van der Waals surface area contributed by atoms with E-state index in [1.807, 2.05) is 0 Å². The summed E-state index contributed by atoms with van der Waals surface area (Å²) in [5, 5.41) is 0. The summed E-state index contributed by atoms with van der Waals surface area (Å²) in [5.41, 5.74) is 0. The first-order chi connectivity index (χ1) is 3.93. The first kappa shape index (κ1) is 5.58. The van der Waals surface area contributed by atoms with E-state index >= 15 is 0 Å². The zero-order valence-corrected chi connectivity index (χ0v) is 4.81. The van der Waals surface area contributed by atoms with Gasteiger partial charge in [-0.1, -0.05) is 12.8 Å². The molecule has 43 valence electrons. The third-order valence-corrected chi connectivity index (χ3v) is 1.62. The number of hydrogen-bond donors (Lipinski definition) is 0. The van der Waals surface area contributed by atoms with Crippen molar-refractivity contribution in [3.63, 3.8) is 0 Å². The molecule has 1 fully saturated rings. The SMILES string of the molecule is O=C=[C]C1CCCC1. The maximum atomic E-state index is 9.72. The minimum absolute atomic E-state index is 0.437. The van der Waals surface area contributed by atoms with Gasteiger partial charge in [0.25, 0.3) is 0 Å². The average molecular weight is 109 g/mol. The van der Waals surface area contributed by atoms with Crippen LogP contribution in [0.4, 0.5) is 0 Å². The molecule has 1 aliphatic rings. The Morgan fingerprint density at radius 1 is 1.25 bits per heavy atom. The molecule has 1 heteroatoms. The number of carbonyl (C=O) groups excluding carboxylic acids is 1. The Morgan fingerprint density at radius 2 is 1.88 bits per heavy atom. The molecule has 1 aliphatic carbocycles. The van der Waals surface area contributed by atoms with Gasteiger partial charge in [0.05, 0.1) is 6.08 Å². The zero-order valence-electron chi connectivity index (χ0n) is 4.81. The van der Waals surface area contributed by atoms with Crippen LogP contribution in [0.2, 0.25) is 0 Å². The van der Waals surface area contributed by atoms with Crippen LogP contribution in [0.5, 0.6) is 0 Å². The summed E-state index contributed by atoms with van der Waals surface area (Å²) in [7, 11) is 0. The Bertz CT molecular complexity index is 106. The molecule has 0 atom stereocenters. The van der Waals surface area contributed by atoms with Crippen LogP contribution in [0.3, 0.4) is 0 Å². The summed E-state index contributed by atoms with van der Waals surface area (Å²) < 4.78 is 0. The van der Waals surface area contributed by atoms with Crippen LogP contribution in [-0.4, -0.2) is 5.94 Å². The van der Waals surface area contributed by atoms with Crippen LogP contribution in [0.25, 0.3) is 0 Å². The normalized spacial score (nSPS) is 20.5. The van der Waals surface area contributed by atoms with Crippen molar-refractivity contribution in [2.75, 3.05) is 0 Å². The largest absolute Gasteiger partial charge is 0.233 e. The van der Waals surface area contributed by atoms with Gasteiger partial charge in [0, 0.05) is 0 Å². The number of hydrogen-bond acceptors (Lipinski definition) is 1. The molecule has 0 saturated heterocycles. The number of allylic oxidation sites excluding steroid dienone is 1. The Balaban J connectivity index is 2.35. The maximum Gasteiger partial charge on any atom is 0.129 e. The highest BCUT2D eigenvalue weighted by molar-refractivity contribution is 5.41. The van der Waals surface area contributed by atoms with Gasteiger partial charge in [-0.05, 0) is 18.8 Å². The molecule has 1 rings (SSSR count). The molecule has 0 amide bonds. The minimum Gasteiger partial charge on any atom is -0.233 e. The van der Waals surface area contributed by atoms with Gasteiger partial charge in [0.15, 0.2) is 0 Å². The lowest BCUT2D eigenvalue weighted by molar-refractivity contribution is 0.561. The predicted molar refractivity (Wildman–Crippen MR) is 30.9 cm³/mol. The first-order valence-electron chi connectivity index (χ1n) is 3.06. The molecule has 0 N–H and O–H groups in total. The molecule has 0 heterocycles.